The van der Waals surface area contributed by atoms with Gasteiger partial charge in [-0.3, -0.25) is 0 Å². The zero-order chi connectivity index (χ0) is 21.3. The van der Waals surface area contributed by atoms with Crippen LogP contribution in [0.1, 0.15) is 83.1 Å². The molecule has 3 nitrogen and oxygen atoms in total. The molecule has 0 saturated carbocycles. The number of aryl methyl sites for hydroxylation is 1. The van der Waals surface area contributed by atoms with Gasteiger partial charge in [-0.05, 0) is 85.3 Å². The summed E-state index contributed by atoms with van der Waals surface area (Å²) in [6.07, 6.45) is 11.2. The molecule has 2 N–H and O–H groups in total. The van der Waals surface area contributed by atoms with E-state index in [2.05, 4.69) is 45.9 Å². The maximum atomic E-state index is 10.7. The van der Waals surface area contributed by atoms with E-state index in [0.717, 1.165) is 36.8 Å². The molecular formula is C25H38O3. The molecular weight excluding hydrogens is 348 g/mol. The first-order chi connectivity index (χ1) is 13.2. The van der Waals surface area contributed by atoms with E-state index in [1.54, 1.807) is 13.2 Å². The molecule has 28 heavy (non-hydrogen) atoms. The van der Waals surface area contributed by atoms with Crippen LogP contribution in [0.15, 0.2) is 41.0 Å². The molecule has 1 rings (SSSR count). The quantitative estimate of drug-likeness (QED) is 0.423. The molecule has 0 aliphatic carbocycles. The molecule has 0 amide bonds. The molecule has 1 atom stereocenters. The van der Waals surface area contributed by atoms with Crippen molar-refractivity contribution in [2.45, 2.75) is 79.8 Å². The van der Waals surface area contributed by atoms with Crippen LogP contribution in [0.3, 0.4) is 0 Å². The van der Waals surface area contributed by atoms with Crippen molar-refractivity contribution in [2.24, 2.45) is 0 Å². The van der Waals surface area contributed by atoms with Crippen LogP contribution in [0.5, 0.6) is 11.5 Å². The molecule has 3 heteroatoms. The largest absolute Gasteiger partial charge is 0.508 e. The SMILES string of the molecule is COC(C)c1c(C)cc(O)c(C/C=C(\C)CC/C=C(\C)CCC=C(C)C)c1O. The number of phenolic OH excluding ortho intramolecular Hbond substituents is 2. The van der Waals surface area contributed by atoms with Crippen molar-refractivity contribution in [3.05, 3.63) is 57.7 Å². The lowest BCUT2D eigenvalue weighted by atomic mass is 9.96. The van der Waals surface area contributed by atoms with Gasteiger partial charge in [0.1, 0.15) is 11.5 Å². The molecule has 1 aromatic rings. The summed E-state index contributed by atoms with van der Waals surface area (Å²) in [6, 6.07) is 1.71. The van der Waals surface area contributed by atoms with E-state index >= 15 is 0 Å². The smallest absolute Gasteiger partial charge is 0.128 e. The minimum Gasteiger partial charge on any atom is -0.508 e. The van der Waals surface area contributed by atoms with Gasteiger partial charge in [0.2, 0.25) is 0 Å². The van der Waals surface area contributed by atoms with E-state index in [1.165, 1.54) is 16.7 Å². The lowest BCUT2D eigenvalue weighted by Gasteiger charge is -2.18. The molecule has 1 unspecified atom stereocenters. The summed E-state index contributed by atoms with van der Waals surface area (Å²) in [5.74, 6) is 0.284. The third-order valence-electron chi connectivity index (χ3n) is 5.17. The van der Waals surface area contributed by atoms with Gasteiger partial charge in [0.25, 0.3) is 0 Å². The Hall–Kier alpha value is -2.00. The first-order valence-corrected chi connectivity index (χ1v) is 10.2. The van der Waals surface area contributed by atoms with Crippen LogP contribution in [0.4, 0.5) is 0 Å². The Balaban J connectivity index is 2.74. The van der Waals surface area contributed by atoms with E-state index in [9.17, 15) is 10.2 Å². The number of ether oxygens (including phenoxy) is 1. The van der Waals surface area contributed by atoms with Gasteiger partial charge in [-0.25, -0.2) is 0 Å². The number of rotatable bonds is 10. The van der Waals surface area contributed by atoms with Gasteiger partial charge in [-0.2, -0.15) is 0 Å². The van der Waals surface area contributed by atoms with Gasteiger partial charge in [-0.1, -0.05) is 34.9 Å². The number of allylic oxidation sites excluding steroid dienone is 6. The van der Waals surface area contributed by atoms with Crippen molar-refractivity contribution >= 4 is 0 Å². The Morgan fingerprint density at radius 3 is 2.14 bits per heavy atom. The van der Waals surface area contributed by atoms with Gasteiger partial charge in [0.05, 0.1) is 6.10 Å². The molecule has 0 bridgehead atoms. The molecule has 0 heterocycles. The summed E-state index contributed by atoms with van der Waals surface area (Å²) in [5, 5.41) is 20.9. The average Bonchev–Trinajstić information content (AvgIpc) is 2.60. The zero-order valence-corrected chi connectivity index (χ0v) is 18.7. The van der Waals surface area contributed by atoms with Crippen molar-refractivity contribution in [1.82, 2.24) is 0 Å². The fourth-order valence-corrected chi connectivity index (χ4v) is 3.29. The summed E-state index contributed by atoms with van der Waals surface area (Å²) in [7, 11) is 1.62. The minimum absolute atomic E-state index is 0.140. The summed E-state index contributed by atoms with van der Waals surface area (Å²) in [6.45, 7) is 12.3. The number of methoxy groups -OCH3 is 1. The second kappa shape index (κ2) is 11.8. The lowest BCUT2D eigenvalue weighted by molar-refractivity contribution is 0.116. The van der Waals surface area contributed by atoms with E-state index in [1.807, 2.05) is 13.8 Å². The Kier molecular flexibility index (Phi) is 10.1. The third kappa shape index (κ3) is 7.55. The minimum atomic E-state index is -0.219. The van der Waals surface area contributed by atoms with E-state index < -0.39 is 0 Å². The van der Waals surface area contributed by atoms with Gasteiger partial charge < -0.3 is 14.9 Å². The van der Waals surface area contributed by atoms with Crippen LogP contribution in [0.2, 0.25) is 0 Å². The molecule has 0 spiro atoms. The second-order valence-electron chi connectivity index (χ2n) is 8.00. The van der Waals surface area contributed by atoms with Crippen LogP contribution in [-0.2, 0) is 11.2 Å². The predicted molar refractivity (Wildman–Crippen MR) is 119 cm³/mol. The van der Waals surface area contributed by atoms with Crippen molar-refractivity contribution in [1.29, 1.82) is 0 Å². The Labute approximate surface area is 171 Å². The van der Waals surface area contributed by atoms with Crippen LogP contribution in [0.25, 0.3) is 0 Å². The molecule has 0 aliphatic heterocycles. The number of hydrogen-bond acceptors (Lipinski definition) is 3. The summed E-state index contributed by atoms with van der Waals surface area (Å²) in [5.41, 5.74) is 6.21. The topological polar surface area (TPSA) is 49.7 Å². The highest BCUT2D eigenvalue weighted by molar-refractivity contribution is 5.54. The number of phenols is 2. The fraction of sp³-hybridized carbons (Fsp3) is 0.520. The normalized spacial score (nSPS) is 13.5. The molecule has 0 radical (unpaired) electrons. The highest BCUT2D eigenvalue weighted by Gasteiger charge is 2.19. The van der Waals surface area contributed by atoms with Gasteiger partial charge in [-0.15, -0.1) is 0 Å². The summed E-state index contributed by atoms with van der Waals surface area (Å²) in [4.78, 5) is 0. The van der Waals surface area contributed by atoms with Crippen LogP contribution >= 0.6 is 0 Å². The van der Waals surface area contributed by atoms with Gasteiger partial charge >= 0.3 is 0 Å². The summed E-state index contributed by atoms with van der Waals surface area (Å²) >= 11 is 0. The number of hydrogen-bond donors (Lipinski definition) is 2. The van der Waals surface area contributed by atoms with Crippen molar-refractivity contribution < 1.29 is 14.9 Å². The van der Waals surface area contributed by atoms with Crippen LogP contribution in [0, 0.1) is 6.92 Å². The third-order valence-corrected chi connectivity index (χ3v) is 5.17. The molecule has 1 aromatic carbocycles. The molecule has 156 valence electrons. The van der Waals surface area contributed by atoms with Crippen LogP contribution < -0.4 is 0 Å². The molecule has 0 aromatic heterocycles. The van der Waals surface area contributed by atoms with Crippen molar-refractivity contribution in [3.63, 3.8) is 0 Å². The van der Waals surface area contributed by atoms with Gasteiger partial charge in [0.15, 0.2) is 0 Å². The average molecular weight is 387 g/mol. The first kappa shape index (κ1) is 24.0. The standard InChI is InChI=1S/C25H38O3/c1-17(2)10-8-11-18(3)12-9-13-19(4)14-15-22-23(26)16-20(5)24(25(22)27)21(6)28-7/h10,12,14,16,21,26-27H,8-9,11,13,15H2,1-7H3/b18-12+,19-14+. The predicted octanol–water partition coefficient (Wildman–Crippen LogP) is 7.08. The van der Waals surface area contributed by atoms with E-state index in [4.69, 9.17) is 4.74 Å². The highest BCUT2D eigenvalue weighted by Crippen LogP contribution is 2.38. The Morgan fingerprint density at radius 2 is 1.57 bits per heavy atom. The molecule has 0 aliphatic rings. The second-order valence-corrected chi connectivity index (χ2v) is 8.00. The Morgan fingerprint density at radius 1 is 1.00 bits per heavy atom. The van der Waals surface area contributed by atoms with E-state index in [-0.39, 0.29) is 17.6 Å². The maximum Gasteiger partial charge on any atom is 0.128 e. The monoisotopic (exact) mass is 386 g/mol. The highest BCUT2D eigenvalue weighted by atomic mass is 16.5. The number of aromatic hydroxyl groups is 2. The Bertz CT molecular complexity index is 735. The lowest BCUT2D eigenvalue weighted by Crippen LogP contribution is -2.02. The van der Waals surface area contributed by atoms with Gasteiger partial charge in [0, 0.05) is 18.2 Å². The zero-order valence-electron chi connectivity index (χ0n) is 18.7. The maximum absolute atomic E-state index is 10.7. The summed E-state index contributed by atoms with van der Waals surface area (Å²) < 4.78 is 5.37. The van der Waals surface area contributed by atoms with Crippen LogP contribution in [-0.4, -0.2) is 17.3 Å². The van der Waals surface area contributed by atoms with Crippen molar-refractivity contribution in [2.75, 3.05) is 7.11 Å². The first-order valence-electron chi connectivity index (χ1n) is 10.2. The fourth-order valence-electron chi connectivity index (χ4n) is 3.29. The number of benzene rings is 1. The molecule has 0 fully saturated rings. The molecule has 0 saturated heterocycles. The van der Waals surface area contributed by atoms with E-state index in [0.29, 0.717) is 12.0 Å². The van der Waals surface area contributed by atoms with Crippen molar-refractivity contribution in [3.8, 4) is 11.5 Å².